The zero-order chi connectivity index (χ0) is 10.3. The van der Waals surface area contributed by atoms with E-state index in [-0.39, 0.29) is 5.95 Å². The van der Waals surface area contributed by atoms with Crippen LogP contribution >= 0.6 is 0 Å². The molecule has 5 heteroatoms. The summed E-state index contributed by atoms with van der Waals surface area (Å²) in [5.41, 5.74) is 8.17. The van der Waals surface area contributed by atoms with E-state index in [1.807, 2.05) is 12.1 Å². The minimum absolute atomic E-state index is 0.208. The summed E-state index contributed by atoms with van der Waals surface area (Å²) in [4.78, 5) is 4.13. The number of nitrogens with zero attached hydrogens (tertiary/aromatic N) is 3. The van der Waals surface area contributed by atoms with Crippen molar-refractivity contribution in [2.75, 3.05) is 12.3 Å². The van der Waals surface area contributed by atoms with Crippen molar-refractivity contribution in [2.24, 2.45) is 0 Å². The van der Waals surface area contributed by atoms with Gasteiger partial charge in [0.15, 0.2) is 0 Å². The number of benzene rings is 1. The second-order valence-corrected chi connectivity index (χ2v) is 3.57. The first-order valence-corrected chi connectivity index (χ1v) is 4.88. The molecule has 2 aromatic rings. The molecule has 0 unspecified atom stereocenters. The molecule has 0 saturated heterocycles. The molecule has 0 radical (unpaired) electrons. The first-order valence-electron chi connectivity index (χ1n) is 4.88. The molecule has 0 saturated carbocycles. The van der Waals surface area contributed by atoms with E-state index in [1.54, 1.807) is 0 Å². The Morgan fingerprint density at radius 1 is 1.20 bits per heavy atom. The van der Waals surface area contributed by atoms with Crippen molar-refractivity contribution < 1.29 is 4.74 Å². The van der Waals surface area contributed by atoms with E-state index in [0.717, 1.165) is 36.2 Å². The van der Waals surface area contributed by atoms with Crippen molar-refractivity contribution in [3.63, 3.8) is 0 Å². The molecule has 0 atom stereocenters. The molecule has 2 heterocycles. The SMILES string of the molecule is Nc1nnc2cc3c(cc2n1)CCCO3. The number of hydrogen-bond donors (Lipinski definition) is 1. The first-order chi connectivity index (χ1) is 7.33. The standard InChI is InChI=1S/C10H10N4O/c11-10-12-7-4-6-2-1-3-15-9(6)5-8(7)13-14-10/h4-5H,1-3H2,(H2,11,12,14). The third kappa shape index (κ3) is 1.36. The normalized spacial score (nSPS) is 14.7. The van der Waals surface area contributed by atoms with Gasteiger partial charge in [0.1, 0.15) is 11.3 Å². The number of nitrogen functional groups attached to an aromatic ring is 1. The van der Waals surface area contributed by atoms with Crippen molar-refractivity contribution in [3.05, 3.63) is 17.7 Å². The number of nitrogens with two attached hydrogens (primary N) is 1. The highest BCUT2D eigenvalue weighted by Gasteiger charge is 2.12. The number of rotatable bonds is 0. The smallest absolute Gasteiger partial charge is 0.240 e. The fourth-order valence-corrected chi connectivity index (χ4v) is 1.80. The number of fused-ring (bicyclic) bond motifs is 2. The Kier molecular flexibility index (Phi) is 1.71. The topological polar surface area (TPSA) is 73.9 Å². The number of hydrogen-bond acceptors (Lipinski definition) is 5. The van der Waals surface area contributed by atoms with E-state index in [2.05, 4.69) is 15.2 Å². The van der Waals surface area contributed by atoms with Gasteiger partial charge in [-0.1, -0.05) is 0 Å². The zero-order valence-corrected chi connectivity index (χ0v) is 8.10. The third-order valence-electron chi connectivity index (χ3n) is 2.50. The average molecular weight is 202 g/mol. The second kappa shape index (κ2) is 3.05. The maximum Gasteiger partial charge on any atom is 0.240 e. The van der Waals surface area contributed by atoms with E-state index in [9.17, 15) is 0 Å². The lowest BCUT2D eigenvalue weighted by atomic mass is 10.1. The van der Waals surface area contributed by atoms with Gasteiger partial charge < -0.3 is 10.5 Å². The van der Waals surface area contributed by atoms with Gasteiger partial charge >= 0.3 is 0 Å². The van der Waals surface area contributed by atoms with Gasteiger partial charge in [-0.05, 0) is 24.5 Å². The molecule has 0 fully saturated rings. The van der Waals surface area contributed by atoms with Crippen molar-refractivity contribution in [3.8, 4) is 5.75 Å². The van der Waals surface area contributed by atoms with Crippen molar-refractivity contribution in [2.45, 2.75) is 12.8 Å². The van der Waals surface area contributed by atoms with Crippen LogP contribution in [0.3, 0.4) is 0 Å². The van der Waals surface area contributed by atoms with Crippen LogP contribution in [0.4, 0.5) is 5.95 Å². The Balaban J connectivity index is 2.26. The Hall–Kier alpha value is -1.91. The fraction of sp³-hybridized carbons (Fsp3) is 0.300. The monoisotopic (exact) mass is 202 g/mol. The summed E-state index contributed by atoms with van der Waals surface area (Å²) < 4.78 is 5.53. The Bertz CT molecular complexity index is 526. The molecule has 1 aromatic heterocycles. The number of ether oxygens (including phenoxy) is 1. The van der Waals surface area contributed by atoms with Gasteiger partial charge in [-0.3, -0.25) is 0 Å². The molecular weight excluding hydrogens is 192 g/mol. The van der Waals surface area contributed by atoms with Gasteiger partial charge in [-0.2, -0.15) is 0 Å². The van der Waals surface area contributed by atoms with Crippen molar-refractivity contribution in [1.29, 1.82) is 0 Å². The van der Waals surface area contributed by atoms with E-state index in [1.165, 1.54) is 5.56 Å². The Labute approximate surface area is 86.3 Å². The second-order valence-electron chi connectivity index (χ2n) is 3.57. The predicted octanol–water partition coefficient (Wildman–Crippen LogP) is 0.932. The number of anilines is 1. The highest BCUT2D eigenvalue weighted by Crippen LogP contribution is 2.28. The van der Waals surface area contributed by atoms with Gasteiger partial charge in [0.05, 0.1) is 12.1 Å². The quantitative estimate of drug-likeness (QED) is 0.688. The Morgan fingerprint density at radius 3 is 3.07 bits per heavy atom. The van der Waals surface area contributed by atoms with Crippen LogP contribution in [0.25, 0.3) is 11.0 Å². The third-order valence-corrected chi connectivity index (χ3v) is 2.50. The van der Waals surface area contributed by atoms with Gasteiger partial charge in [0.2, 0.25) is 5.95 Å². The molecule has 0 aliphatic carbocycles. The summed E-state index contributed by atoms with van der Waals surface area (Å²) in [5, 5.41) is 7.69. The number of aryl methyl sites for hydroxylation is 1. The number of aromatic nitrogens is 3. The van der Waals surface area contributed by atoms with Crippen LogP contribution < -0.4 is 10.5 Å². The van der Waals surface area contributed by atoms with Crippen molar-refractivity contribution >= 4 is 17.0 Å². The highest BCUT2D eigenvalue weighted by atomic mass is 16.5. The lowest BCUT2D eigenvalue weighted by Crippen LogP contribution is -2.09. The molecule has 1 aliphatic rings. The molecule has 1 aromatic carbocycles. The Morgan fingerprint density at radius 2 is 2.13 bits per heavy atom. The van der Waals surface area contributed by atoms with Crippen LogP contribution in [0, 0.1) is 0 Å². The van der Waals surface area contributed by atoms with Crippen LogP contribution in [-0.4, -0.2) is 21.8 Å². The summed E-state index contributed by atoms with van der Waals surface area (Å²) in [7, 11) is 0. The van der Waals surface area contributed by atoms with E-state index in [0.29, 0.717) is 0 Å². The highest BCUT2D eigenvalue weighted by molar-refractivity contribution is 5.77. The molecule has 2 N–H and O–H groups in total. The van der Waals surface area contributed by atoms with Crippen LogP contribution in [0.5, 0.6) is 5.75 Å². The molecule has 1 aliphatic heterocycles. The molecule has 76 valence electrons. The molecule has 15 heavy (non-hydrogen) atoms. The lowest BCUT2D eigenvalue weighted by Gasteiger charge is -2.16. The molecule has 0 spiro atoms. The zero-order valence-electron chi connectivity index (χ0n) is 8.10. The maximum atomic E-state index is 5.53. The molecule has 0 bridgehead atoms. The predicted molar refractivity (Wildman–Crippen MR) is 55.6 cm³/mol. The minimum Gasteiger partial charge on any atom is -0.493 e. The fourth-order valence-electron chi connectivity index (χ4n) is 1.80. The van der Waals surface area contributed by atoms with Crippen molar-refractivity contribution in [1.82, 2.24) is 15.2 Å². The van der Waals surface area contributed by atoms with Gasteiger partial charge in [-0.15, -0.1) is 10.2 Å². The molecule has 5 nitrogen and oxygen atoms in total. The van der Waals surface area contributed by atoms with E-state index in [4.69, 9.17) is 10.5 Å². The molecule has 3 rings (SSSR count). The summed E-state index contributed by atoms with van der Waals surface area (Å²) in [6.45, 7) is 0.772. The molecular formula is C10H10N4O. The summed E-state index contributed by atoms with van der Waals surface area (Å²) in [6.07, 6.45) is 2.07. The van der Waals surface area contributed by atoms with Crippen LogP contribution in [0.2, 0.25) is 0 Å². The van der Waals surface area contributed by atoms with Crippen LogP contribution in [0.15, 0.2) is 12.1 Å². The van der Waals surface area contributed by atoms with Gasteiger partial charge in [0.25, 0.3) is 0 Å². The molecule has 0 amide bonds. The van der Waals surface area contributed by atoms with E-state index < -0.39 is 0 Å². The summed E-state index contributed by atoms with van der Waals surface area (Å²) in [5.74, 6) is 1.11. The minimum atomic E-state index is 0.208. The summed E-state index contributed by atoms with van der Waals surface area (Å²) >= 11 is 0. The lowest BCUT2D eigenvalue weighted by molar-refractivity contribution is 0.289. The van der Waals surface area contributed by atoms with Gasteiger partial charge in [-0.25, -0.2) is 4.98 Å². The van der Waals surface area contributed by atoms with E-state index >= 15 is 0 Å². The van der Waals surface area contributed by atoms with Crippen LogP contribution in [-0.2, 0) is 6.42 Å². The first kappa shape index (κ1) is 8.40. The summed E-state index contributed by atoms with van der Waals surface area (Å²) in [6, 6.07) is 3.86. The van der Waals surface area contributed by atoms with Gasteiger partial charge in [0, 0.05) is 6.07 Å². The van der Waals surface area contributed by atoms with Crippen LogP contribution in [0.1, 0.15) is 12.0 Å². The largest absolute Gasteiger partial charge is 0.493 e. The maximum absolute atomic E-state index is 5.53. The average Bonchev–Trinajstić information content (AvgIpc) is 2.26.